The minimum absolute atomic E-state index is 0.197. The number of hydrogen-bond donors (Lipinski definition) is 2. The highest BCUT2D eigenvalue weighted by molar-refractivity contribution is 8.18. The number of nitrogens with zero attached hydrogens (tertiary/aromatic N) is 2. The summed E-state index contributed by atoms with van der Waals surface area (Å²) in [5.41, 5.74) is 0.931. The number of nitrogens with one attached hydrogen (secondary N) is 1. The minimum Gasteiger partial charge on any atom is -0.478 e. The molecule has 3 aromatic rings. The molecule has 0 atom stereocenters. The maximum absolute atomic E-state index is 12.1. The van der Waals surface area contributed by atoms with E-state index < -0.39 is 5.97 Å². The van der Waals surface area contributed by atoms with Crippen molar-refractivity contribution < 1.29 is 23.5 Å². The summed E-state index contributed by atoms with van der Waals surface area (Å²) < 4.78 is 10.9. The van der Waals surface area contributed by atoms with Crippen LogP contribution in [0.4, 0.5) is 0 Å². The molecule has 1 amide bonds. The van der Waals surface area contributed by atoms with Crippen LogP contribution in [0.2, 0.25) is 0 Å². The molecule has 0 spiro atoms. The number of hydrogen-bond acceptors (Lipinski definition) is 7. The molecule has 0 bridgehead atoms. The molecule has 1 aromatic carbocycles. The summed E-state index contributed by atoms with van der Waals surface area (Å²) in [5, 5.41) is 19.8. The third-order valence-electron chi connectivity index (χ3n) is 3.84. The maximum atomic E-state index is 12.1. The molecule has 2 N–H and O–H groups in total. The molecule has 0 saturated carbocycles. The van der Waals surface area contributed by atoms with Crippen LogP contribution in [0.5, 0.6) is 0 Å². The first-order valence-electron chi connectivity index (χ1n) is 8.37. The van der Waals surface area contributed by atoms with Gasteiger partial charge in [-0.25, -0.2) is 4.79 Å². The van der Waals surface area contributed by atoms with Crippen LogP contribution in [-0.2, 0) is 4.79 Å². The molecule has 2 aromatic heterocycles. The molecule has 9 heteroatoms. The molecule has 0 unspecified atom stereocenters. The van der Waals surface area contributed by atoms with Gasteiger partial charge < -0.3 is 13.9 Å². The van der Waals surface area contributed by atoms with Crippen molar-refractivity contribution in [1.82, 2.24) is 5.32 Å². The van der Waals surface area contributed by atoms with Gasteiger partial charge in [0.15, 0.2) is 5.17 Å². The van der Waals surface area contributed by atoms with Crippen LogP contribution in [0.1, 0.15) is 21.9 Å². The van der Waals surface area contributed by atoms with Crippen molar-refractivity contribution in [2.24, 2.45) is 10.2 Å². The van der Waals surface area contributed by atoms with Crippen LogP contribution in [0.3, 0.4) is 0 Å². The van der Waals surface area contributed by atoms with Gasteiger partial charge in [-0.15, -0.1) is 5.10 Å². The number of carboxylic acids is 1. The monoisotopic (exact) mass is 407 g/mol. The van der Waals surface area contributed by atoms with E-state index in [1.54, 1.807) is 42.5 Å². The van der Waals surface area contributed by atoms with Crippen molar-refractivity contribution in [2.75, 3.05) is 0 Å². The quantitative estimate of drug-likeness (QED) is 0.377. The van der Waals surface area contributed by atoms with E-state index in [4.69, 9.17) is 13.9 Å². The number of amidine groups is 1. The highest BCUT2D eigenvalue weighted by atomic mass is 32.2. The smallest absolute Gasteiger partial charge is 0.335 e. The Morgan fingerprint density at radius 3 is 2.66 bits per heavy atom. The Labute approximate surface area is 168 Å². The summed E-state index contributed by atoms with van der Waals surface area (Å²) in [4.78, 5) is 23.5. The van der Waals surface area contributed by atoms with Gasteiger partial charge in [-0.1, -0.05) is 12.1 Å². The van der Waals surface area contributed by atoms with Crippen molar-refractivity contribution in [3.63, 3.8) is 0 Å². The Hall–Kier alpha value is -3.85. The average molecular weight is 407 g/mol. The lowest BCUT2D eigenvalue weighted by Crippen LogP contribution is -2.19. The lowest BCUT2D eigenvalue weighted by Gasteiger charge is -1.98. The molecule has 1 aliphatic rings. The summed E-state index contributed by atoms with van der Waals surface area (Å²) in [6.45, 7) is 0. The summed E-state index contributed by atoms with van der Waals surface area (Å²) >= 11 is 1.14. The first kappa shape index (κ1) is 18.5. The van der Waals surface area contributed by atoms with Gasteiger partial charge in [-0.05, 0) is 48.2 Å². The zero-order valence-electron chi connectivity index (χ0n) is 14.7. The third kappa shape index (κ3) is 4.36. The van der Waals surface area contributed by atoms with E-state index in [9.17, 15) is 9.59 Å². The van der Waals surface area contributed by atoms with Crippen LogP contribution in [0.15, 0.2) is 78.7 Å². The second-order valence-electron chi connectivity index (χ2n) is 5.81. The molecular weight excluding hydrogens is 394 g/mol. The Bertz CT molecular complexity index is 1140. The third-order valence-corrected chi connectivity index (χ3v) is 4.74. The lowest BCUT2D eigenvalue weighted by atomic mass is 10.1. The zero-order chi connectivity index (χ0) is 20.2. The molecule has 144 valence electrons. The Morgan fingerprint density at radius 1 is 1.10 bits per heavy atom. The molecule has 29 heavy (non-hydrogen) atoms. The van der Waals surface area contributed by atoms with Crippen LogP contribution in [0, 0.1) is 0 Å². The summed E-state index contributed by atoms with van der Waals surface area (Å²) in [7, 11) is 0. The fraction of sp³-hybridized carbons (Fsp3) is 0. The largest absolute Gasteiger partial charge is 0.478 e. The lowest BCUT2D eigenvalue weighted by molar-refractivity contribution is -0.115. The van der Waals surface area contributed by atoms with Crippen LogP contribution in [-0.4, -0.2) is 28.4 Å². The second-order valence-corrected chi connectivity index (χ2v) is 6.85. The highest BCUT2D eigenvalue weighted by Crippen LogP contribution is 2.29. The fourth-order valence-electron chi connectivity index (χ4n) is 2.47. The molecule has 0 aliphatic carbocycles. The number of amides is 1. The van der Waals surface area contributed by atoms with E-state index in [1.807, 2.05) is 0 Å². The number of aromatic carboxylic acids is 1. The molecule has 4 rings (SSSR count). The molecule has 1 saturated heterocycles. The molecule has 1 aliphatic heterocycles. The number of thioether (sulfide) groups is 1. The molecule has 8 nitrogen and oxygen atoms in total. The number of carboxylic acid groups (broad SMARTS) is 1. The van der Waals surface area contributed by atoms with Crippen molar-refractivity contribution >= 4 is 41.1 Å². The van der Waals surface area contributed by atoms with Gasteiger partial charge in [0, 0.05) is 11.6 Å². The van der Waals surface area contributed by atoms with Crippen molar-refractivity contribution in [3.8, 4) is 11.3 Å². The van der Waals surface area contributed by atoms with Crippen molar-refractivity contribution in [3.05, 3.63) is 76.8 Å². The van der Waals surface area contributed by atoms with Crippen LogP contribution >= 0.6 is 11.8 Å². The number of benzene rings is 1. The van der Waals surface area contributed by atoms with Crippen LogP contribution < -0.4 is 5.32 Å². The molecule has 0 radical (unpaired) electrons. The molecule has 1 fully saturated rings. The highest BCUT2D eigenvalue weighted by Gasteiger charge is 2.24. The van der Waals surface area contributed by atoms with E-state index in [1.165, 1.54) is 24.6 Å². The predicted molar refractivity (Wildman–Crippen MR) is 109 cm³/mol. The van der Waals surface area contributed by atoms with E-state index in [2.05, 4.69) is 15.5 Å². The molecular formula is C20H13N3O5S. The van der Waals surface area contributed by atoms with Crippen LogP contribution in [0.25, 0.3) is 17.4 Å². The summed E-state index contributed by atoms with van der Waals surface area (Å²) in [5.74, 6) is 0.315. The van der Waals surface area contributed by atoms with E-state index >= 15 is 0 Å². The fourth-order valence-corrected chi connectivity index (χ4v) is 3.23. The van der Waals surface area contributed by atoms with E-state index in [0.29, 0.717) is 27.4 Å². The van der Waals surface area contributed by atoms with Gasteiger partial charge in [-0.3, -0.25) is 10.1 Å². The SMILES string of the molecule is O=C1N/C(=N\N=C\c2ccco2)S/C1=C/c1ccc(-c2ccc(C(=O)O)cc2)o1. The summed E-state index contributed by atoms with van der Waals surface area (Å²) in [6, 6.07) is 13.3. The number of furan rings is 2. The van der Waals surface area contributed by atoms with E-state index in [-0.39, 0.29) is 11.5 Å². The number of rotatable bonds is 5. The molecule has 3 heterocycles. The predicted octanol–water partition coefficient (Wildman–Crippen LogP) is 3.83. The van der Waals surface area contributed by atoms with E-state index in [0.717, 1.165) is 17.3 Å². The van der Waals surface area contributed by atoms with Crippen molar-refractivity contribution in [1.29, 1.82) is 0 Å². The van der Waals surface area contributed by atoms with Crippen molar-refractivity contribution in [2.45, 2.75) is 0 Å². The number of carbonyl (C=O) groups is 2. The Morgan fingerprint density at radius 2 is 1.93 bits per heavy atom. The standard InChI is InChI=1S/C20H13N3O5S/c24-18-17(29-20(22-18)23-21-11-15-2-1-9-27-15)10-14-7-8-16(28-14)12-3-5-13(6-4-12)19(25)26/h1-11H,(H,25,26)(H,22,23,24)/b17-10+,21-11+. The second kappa shape index (κ2) is 8.03. The first-order valence-corrected chi connectivity index (χ1v) is 9.19. The van der Waals surface area contributed by atoms with Gasteiger partial charge in [0.25, 0.3) is 5.91 Å². The Balaban J connectivity index is 1.47. The van der Waals surface area contributed by atoms with Gasteiger partial charge >= 0.3 is 5.97 Å². The number of carbonyl (C=O) groups excluding carboxylic acids is 1. The van der Waals surface area contributed by atoms with Gasteiger partial charge in [0.05, 0.1) is 22.9 Å². The Kier molecular flexibility index (Phi) is 5.12. The first-order chi connectivity index (χ1) is 14.1. The topological polar surface area (TPSA) is 117 Å². The normalized spacial score (nSPS) is 16.8. The summed E-state index contributed by atoms with van der Waals surface area (Å²) in [6.07, 6.45) is 4.57. The van der Waals surface area contributed by atoms with Gasteiger partial charge in [0.1, 0.15) is 17.3 Å². The van der Waals surface area contributed by atoms with Gasteiger partial charge in [0.2, 0.25) is 0 Å². The van der Waals surface area contributed by atoms with Gasteiger partial charge in [-0.2, -0.15) is 5.10 Å². The average Bonchev–Trinajstić information content (AvgIpc) is 3.45. The zero-order valence-corrected chi connectivity index (χ0v) is 15.6. The maximum Gasteiger partial charge on any atom is 0.335 e. The minimum atomic E-state index is -0.989.